The number of benzene rings is 2. The van der Waals surface area contributed by atoms with Crippen LogP contribution in [-0.2, 0) is 4.79 Å². The van der Waals surface area contributed by atoms with Gasteiger partial charge in [-0.25, -0.2) is 10.4 Å². The number of halogens is 2. The van der Waals surface area contributed by atoms with Crippen LogP contribution in [0, 0.1) is 0 Å². The van der Waals surface area contributed by atoms with Crippen LogP contribution >= 0.6 is 23.2 Å². The Morgan fingerprint density at radius 2 is 1.89 bits per heavy atom. The second-order valence-electron chi connectivity index (χ2n) is 5.46. The number of ether oxygens (including phenoxy) is 2. The molecule has 1 heterocycles. The summed E-state index contributed by atoms with van der Waals surface area (Å²) in [6.07, 6.45) is 1.43. The molecule has 138 valence electrons. The third-order valence-electron chi connectivity index (χ3n) is 3.58. The van der Waals surface area contributed by atoms with E-state index < -0.39 is 5.91 Å². The van der Waals surface area contributed by atoms with Crippen LogP contribution in [0.4, 0.5) is 0 Å². The summed E-state index contributed by atoms with van der Waals surface area (Å²) in [4.78, 5) is 16.1. The van der Waals surface area contributed by atoms with Gasteiger partial charge in [-0.1, -0.05) is 23.2 Å². The Hall–Kier alpha value is -2.83. The number of carbonyl (C=O) groups is 1. The monoisotopic (exact) mass is 403 g/mol. The maximum Gasteiger partial charge on any atom is 0.277 e. The molecule has 27 heavy (non-hydrogen) atoms. The van der Waals surface area contributed by atoms with Crippen LogP contribution in [0.25, 0.3) is 10.9 Å². The van der Waals surface area contributed by atoms with Crippen molar-refractivity contribution in [2.45, 2.75) is 0 Å². The lowest BCUT2D eigenvalue weighted by atomic mass is 10.1. The number of nitrogens with zero attached hydrogens (tertiary/aromatic N) is 2. The fraction of sp³-hybridized carbons (Fsp3) is 0.105. The summed E-state index contributed by atoms with van der Waals surface area (Å²) in [5.41, 5.74) is 3.66. The van der Waals surface area contributed by atoms with Gasteiger partial charge in [0.1, 0.15) is 16.7 Å². The van der Waals surface area contributed by atoms with Gasteiger partial charge in [0.05, 0.1) is 18.8 Å². The molecule has 0 aliphatic rings. The smallest absolute Gasteiger partial charge is 0.277 e. The minimum atomic E-state index is -0.407. The minimum Gasteiger partial charge on any atom is -0.497 e. The Morgan fingerprint density at radius 3 is 2.63 bits per heavy atom. The van der Waals surface area contributed by atoms with Gasteiger partial charge in [0.15, 0.2) is 6.61 Å². The van der Waals surface area contributed by atoms with E-state index in [0.717, 1.165) is 5.39 Å². The first kappa shape index (κ1) is 18.9. The fourth-order valence-electron chi connectivity index (χ4n) is 2.24. The van der Waals surface area contributed by atoms with Crippen molar-refractivity contribution < 1.29 is 14.3 Å². The molecule has 0 spiro atoms. The largest absolute Gasteiger partial charge is 0.497 e. The number of hydrogen-bond donors (Lipinski definition) is 1. The number of carbonyl (C=O) groups excluding carboxylic acids is 1. The highest BCUT2D eigenvalue weighted by molar-refractivity contribution is 6.32. The van der Waals surface area contributed by atoms with Gasteiger partial charge in [-0.15, -0.1) is 0 Å². The van der Waals surface area contributed by atoms with Crippen molar-refractivity contribution in [3.8, 4) is 11.5 Å². The lowest BCUT2D eigenvalue weighted by Crippen LogP contribution is -2.24. The molecule has 0 unspecified atom stereocenters. The Morgan fingerprint density at radius 1 is 1.15 bits per heavy atom. The minimum absolute atomic E-state index is 0.178. The number of amides is 1. The van der Waals surface area contributed by atoms with E-state index in [0.29, 0.717) is 27.6 Å². The van der Waals surface area contributed by atoms with Crippen LogP contribution in [0.5, 0.6) is 11.5 Å². The zero-order valence-corrected chi connectivity index (χ0v) is 15.8. The van der Waals surface area contributed by atoms with E-state index >= 15 is 0 Å². The molecule has 0 aliphatic carbocycles. The number of hydrogen-bond acceptors (Lipinski definition) is 5. The van der Waals surface area contributed by atoms with E-state index in [2.05, 4.69) is 15.5 Å². The first-order valence-electron chi connectivity index (χ1n) is 7.90. The molecule has 1 N–H and O–H groups in total. The lowest BCUT2D eigenvalue weighted by Gasteiger charge is -2.05. The van der Waals surface area contributed by atoms with E-state index in [4.69, 9.17) is 32.7 Å². The molecule has 0 saturated carbocycles. The first-order chi connectivity index (χ1) is 13.0. The Bertz CT molecular complexity index is 991. The van der Waals surface area contributed by atoms with Gasteiger partial charge in [-0.2, -0.15) is 5.10 Å². The number of rotatable bonds is 6. The van der Waals surface area contributed by atoms with Crippen molar-refractivity contribution in [2.75, 3.05) is 13.7 Å². The summed E-state index contributed by atoms with van der Waals surface area (Å²) >= 11 is 12.0. The average Bonchev–Trinajstić information content (AvgIpc) is 2.67. The molecule has 1 aromatic heterocycles. The van der Waals surface area contributed by atoms with Crippen LogP contribution in [0.15, 0.2) is 53.6 Å². The summed E-state index contributed by atoms with van der Waals surface area (Å²) in [5, 5.41) is 5.63. The molecule has 0 aliphatic heterocycles. The molecule has 6 nitrogen and oxygen atoms in total. The Kier molecular flexibility index (Phi) is 6.11. The van der Waals surface area contributed by atoms with E-state index in [1.807, 2.05) is 18.2 Å². The topological polar surface area (TPSA) is 72.8 Å². The number of pyridine rings is 1. The maximum absolute atomic E-state index is 11.8. The van der Waals surface area contributed by atoms with Crippen LogP contribution < -0.4 is 14.9 Å². The van der Waals surface area contributed by atoms with Crippen molar-refractivity contribution in [1.29, 1.82) is 0 Å². The summed E-state index contributed by atoms with van der Waals surface area (Å²) in [5.74, 6) is 0.826. The van der Waals surface area contributed by atoms with Gasteiger partial charge in [0.25, 0.3) is 5.91 Å². The fourth-order valence-corrected chi connectivity index (χ4v) is 2.56. The predicted octanol–water partition coefficient (Wildman–Crippen LogP) is 4.08. The van der Waals surface area contributed by atoms with Gasteiger partial charge >= 0.3 is 0 Å². The molecule has 0 fully saturated rings. The van der Waals surface area contributed by atoms with E-state index in [1.165, 1.54) is 6.21 Å². The van der Waals surface area contributed by atoms with E-state index in [1.54, 1.807) is 37.4 Å². The molecule has 0 radical (unpaired) electrons. The SMILES string of the molecule is COc1ccc2cc(/C=N\NC(=O)COc3ccc(Cl)cc3)c(Cl)nc2c1. The van der Waals surface area contributed by atoms with Gasteiger partial charge in [-0.3, -0.25) is 4.79 Å². The normalized spacial score (nSPS) is 10.9. The first-order valence-corrected chi connectivity index (χ1v) is 8.65. The highest BCUT2D eigenvalue weighted by Gasteiger charge is 2.05. The summed E-state index contributed by atoms with van der Waals surface area (Å²) in [7, 11) is 1.59. The van der Waals surface area contributed by atoms with Crippen molar-refractivity contribution in [2.24, 2.45) is 5.10 Å². The molecule has 0 saturated heterocycles. The van der Waals surface area contributed by atoms with E-state index in [9.17, 15) is 4.79 Å². The third-order valence-corrected chi connectivity index (χ3v) is 4.14. The van der Waals surface area contributed by atoms with E-state index in [-0.39, 0.29) is 11.8 Å². The molecule has 8 heteroatoms. The van der Waals surface area contributed by atoms with Gasteiger partial charge in [0, 0.05) is 22.0 Å². The van der Waals surface area contributed by atoms with Gasteiger partial charge in [0.2, 0.25) is 0 Å². The highest BCUT2D eigenvalue weighted by atomic mass is 35.5. The molecule has 3 rings (SSSR count). The quantitative estimate of drug-likeness (QED) is 0.382. The van der Waals surface area contributed by atoms with Crippen molar-refractivity contribution in [3.63, 3.8) is 0 Å². The van der Waals surface area contributed by atoms with Crippen LogP contribution in [0.1, 0.15) is 5.56 Å². The lowest BCUT2D eigenvalue weighted by molar-refractivity contribution is -0.123. The Balaban J connectivity index is 1.60. The summed E-state index contributed by atoms with van der Waals surface area (Å²) in [6.45, 7) is -0.178. The van der Waals surface area contributed by atoms with Crippen LogP contribution in [-0.4, -0.2) is 30.8 Å². The Labute approximate surface area is 165 Å². The summed E-state index contributed by atoms with van der Waals surface area (Å²) < 4.78 is 10.5. The van der Waals surface area contributed by atoms with Crippen LogP contribution in [0.2, 0.25) is 10.2 Å². The van der Waals surface area contributed by atoms with Crippen molar-refractivity contribution in [1.82, 2.24) is 10.4 Å². The number of fused-ring (bicyclic) bond motifs is 1. The highest BCUT2D eigenvalue weighted by Crippen LogP contribution is 2.23. The second-order valence-corrected chi connectivity index (χ2v) is 6.26. The summed E-state index contributed by atoms with van der Waals surface area (Å²) in [6, 6.07) is 14.0. The average molecular weight is 404 g/mol. The van der Waals surface area contributed by atoms with Crippen molar-refractivity contribution >= 4 is 46.2 Å². The molecule has 3 aromatic rings. The number of hydrazone groups is 1. The third kappa shape index (κ3) is 5.09. The van der Waals surface area contributed by atoms with Gasteiger partial charge < -0.3 is 9.47 Å². The number of methoxy groups -OCH3 is 1. The molecule has 0 bridgehead atoms. The maximum atomic E-state index is 11.8. The predicted molar refractivity (Wildman–Crippen MR) is 106 cm³/mol. The second kappa shape index (κ2) is 8.70. The number of aromatic nitrogens is 1. The molecule has 2 aromatic carbocycles. The molecule has 1 amide bonds. The molecule has 0 atom stereocenters. The van der Waals surface area contributed by atoms with Crippen LogP contribution in [0.3, 0.4) is 0 Å². The molecular weight excluding hydrogens is 389 g/mol. The molecular formula is C19H15Cl2N3O3. The van der Waals surface area contributed by atoms with Gasteiger partial charge in [-0.05, 0) is 42.5 Å². The standard InChI is InChI=1S/C19H15Cl2N3O3/c1-26-16-5-2-12-8-13(19(21)23-17(12)9-16)10-22-24-18(25)11-27-15-6-3-14(20)4-7-15/h2-10H,11H2,1H3,(H,24,25)/b22-10-. The van der Waals surface area contributed by atoms with Crippen molar-refractivity contribution in [3.05, 3.63) is 64.3 Å². The zero-order chi connectivity index (χ0) is 19.2. The number of nitrogens with one attached hydrogen (secondary N) is 1. The zero-order valence-electron chi connectivity index (χ0n) is 14.3.